The summed E-state index contributed by atoms with van der Waals surface area (Å²) in [6.45, 7) is 2.22. The Balaban J connectivity index is 1.43. The molecule has 0 amide bonds. The van der Waals surface area contributed by atoms with E-state index in [0.717, 1.165) is 38.4 Å². The van der Waals surface area contributed by atoms with Crippen LogP contribution in [0.5, 0.6) is 5.75 Å². The van der Waals surface area contributed by atoms with Crippen LogP contribution in [0.2, 0.25) is 0 Å². The van der Waals surface area contributed by atoms with Crippen LogP contribution in [0.4, 0.5) is 0 Å². The fraction of sp³-hybridized carbons (Fsp3) is 0.120. The summed E-state index contributed by atoms with van der Waals surface area (Å²) < 4.78 is 5.94. The van der Waals surface area contributed by atoms with Crippen molar-refractivity contribution in [2.45, 2.75) is 24.2 Å². The number of carbonyl (C=O) groups is 1. The first-order valence-electron chi connectivity index (χ1n) is 9.62. The number of para-hydroxylation sites is 1. The Morgan fingerprint density at radius 1 is 1.00 bits per heavy atom. The van der Waals surface area contributed by atoms with E-state index in [-0.39, 0.29) is 0 Å². The Bertz CT molecular complexity index is 1210. The molecule has 3 aromatic carbocycles. The minimum absolute atomic E-state index is 0.389. The van der Waals surface area contributed by atoms with E-state index < -0.39 is 5.97 Å². The summed E-state index contributed by atoms with van der Waals surface area (Å²) in [6, 6.07) is 25.5. The zero-order valence-electron chi connectivity index (χ0n) is 16.5. The van der Waals surface area contributed by atoms with E-state index in [1.54, 1.807) is 11.8 Å². The lowest BCUT2D eigenvalue weighted by molar-refractivity contribution is 0.0695. The Morgan fingerprint density at radius 2 is 1.83 bits per heavy atom. The van der Waals surface area contributed by atoms with Gasteiger partial charge >= 0.3 is 5.97 Å². The fourth-order valence-corrected chi connectivity index (χ4v) is 4.25. The van der Waals surface area contributed by atoms with Crippen molar-refractivity contribution in [1.29, 1.82) is 0 Å². The van der Waals surface area contributed by atoms with Gasteiger partial charge in [-0.2, -0.15) is 0 Å². The fourth-order valence-electron chi connectivity index (χ4n) is 3.32. The van der Waals surface area contributed by atoms with Gasteiger partial charge < -0.3 is 9.84 Å². The van der Waals surface area contributed by atoms with E-state index in [9.17, 15) is 9.90 Å². The van der Waals surface area contributed by atoms with Crippen LogP contribution in [-0.2, 0) is 12.4 Å². The average Bonchev–Trinajstić information content (AvgIpc) is 2.76. The minimum atomic E-state index is -0.885. The van der Waals surface area contributed by atoms with Gasteiger partial charge in [0.25, 0.3) is 0 Å². The lowest BCUT2D eigenvalue weighted by Crippen LogP contribution is -2.04. The first-order chi connectivity index (χ1) is 14.6. The molecule has 0 radical (unpaired) electrons. The van der Waals surface area contributed by atoms with Gasteiger partial charge in [0.1, 0.15) is 12.4 Å². The van der Waals surface area contributed by atoms with Gasteiger partial charge in [0.15, 0.2) is 0 Å². The van der Waals surface area contributed by atoms with E-state index in [4.69, 9.17) is 4.74 Å². The number of hydrogen-bond acceptors (Lipinski definition) is 4. The molecule has 0 bridgehead atoms. The van der Waals surface area contributed by atoms with Gasteiger partial charge in [-0.25, -0.2) is 9.78 Å². The molecule has 0 unspecified atom stereocenters. The largest absolute Gasteiger partial charge is 0.487 e. The maximum atomic E-state index is 11.6. The predicted octanol–water partition coefficient (Wildman–Crippen LogP) is 6.11. The molecule has 4 rings (SSSR count). The molecule has 1 aromatic heterocycles. The highest BCUT2D eigenvalue weighted by atomic mass is 32.2. The lowest BCUT2D eigenvalue weighted by Gasteiger charge is -2.10. The third-order valence-corrected chi connectivity index (χ3v) is 5.86. The molecular weight excluding hydrogens is 394 g/mol. The summed E-state index contributed by atoms with van der Waals surface area (Å²) in [4.78, 5) is 17.2. The molecule has 4 nitrogen and oxygen atoms in total. The maximum absolute atomic E-state index is 11.6. The second kappa shape index (κ2) is 9.01. The molecule has 0 spiro atoms. The molecule has 0 atom stereocenters. The zero-order valence-corrected chi connectivity index (χ0v) is 17.4. The Hall–Kier alpha value is -3.31. The van der Waals surface area contributed by atoms with Crippen molar-refractivity contribution >= 4 is 28.6 Å². The van der Waals surface area contributed by atoms with E-state index in [1.807, 2.05) is 79.7 Å². The maximum Gasteiger partial charge on any atom is 0.336 e. The molecule has 0 fully saturated rings. The number of carboxylic acid groups (broad SMARTS) is 1. The van der Waals surface area contributed by atoms with Crippen LogP contribution >= 0.6 is 11.8 Å². The van der Waals surface area contributed by atoms with E-state index >= 15 is 0 Å². The number of benzene rings is 3. The number of pyridine rings is 1. The molecule has 4 aromatic rings. The Morgan fingerprint density at radius 3 is 2.70 bits per heavy atom. The normalized spacial score (nSPS) is 10.8. The number of thioether (sulfide) groups is 1. The monoisotopic (exact) mass is 415 g/mol. The highest BCUT2D eigenvalue weighted by molar-refractivity contribution is 7.98. The van der Waals surface area contributed by atoms with Crippen molar-refractivity contribution in [2.24, 2.45) is 0 Å². The van der Waals surface area contributed by atoms with Crippen molar-refractivity contribution in [3.8, 4) is 5.75 Å². The topological polar surface area (TPSA) is 59.4 Å². The molecule has 5 heteroatoms. The van der Waals surface area contributed by atoms with Gasteiger partial charge in [0, 0.05) is 16.0 Å². The third kappa shape index (κ3) is 4.63. The first-order valence-corrected chi connectivity index (χ1v) is 10.6. The standard InChI is InChI=1S/C25H21NO3S/c1-17-6-4-8-19(24(17)25(27)28)16-30-22-10-5-9-21(14-22)29-15-20-13-12-18-7-2-3-11-23(18)26-20/h2-14H,15-16H2,1H3,(H,27,28). The SMILES string of the molecule is Cc1cccc(CSc2cccc(OCc3ccc4ccccc4n3)c2)c1C(=O)O. The van der Waals surface area contributed by atoms with Gasteiger partial charge in [-0.3, -0.25) is 0 Å². The summed E-state index contributed by atoms with van der Waals surface area (Å²) in [5.41, 5.74) is 3.81. The van der Waals surface area contributed by atoms with Crippen molar-refractivity contribution in [3.63, 3.8) is 0 Å². The van der Waals surface area contributed by atoms with Crippen LogP contribution in [-0.4, -0.2) is 16.1 Å². The molecule has 0 aliphatic rings. The number of nitrogens with zero attached hydrogens (tertiary/aromatic N) is 1. The highest BCUT2D eigenvalue weighted by Crippen LogP contribution is 2.28. The summed E-state index contributed by atoms with van der Waals surface area (Å²) in [5.74, 6) is 0.459. The van der Waals surface area contributed by atoms with E-state index in [2.05, 4.69) is 11.1 Å². The van der Waals surface area contributed by atoms with Gasteiger partial charge in [0.05, 0.1) is 16.8 Å². The molecule has 0 aliphatic carbocycles. The van der Waals surface area contributed by atoms with Crippen LogP contribution in [0.1, 0.15) is 27.2 Å². The number of carboxylic acids is 1. The number of fused-ring (bicyclic) bond motifs is 1. The zero-order chi connectivity index (χ0) is 20.9. The molecule has 0 saturated heterocycles. The number of aryl methyl sites for hydroxylation is 1. The minimum Gasteiger partial charge on any atom is -0.487 e. The second-order valence-corrected chi connectivity index (χ2v) is 8.01. The summed E-state index contributed by atoms with van der Waals surface area (Å²) in [6.07, 6.45) is 0. The van der Waals surface area contributed by atoms with Crippen LogP contribution in [0.25, 0.3) is 10.9 Å². The quantitative estimate of drug-likeness (QED) is 0.369. The molecule has 0 aliphatic heterocycles. The molecular formula is C25H21NO3S. The van der Waals surface area contributed by atoms with E-state index in [1.165, 1.54) is 0 Å². The van der Waals surface area contributed by atoms with Crippen LogP contribution in [0.3, 0.4) is 0 Å². The van der Waals surface area contributed by atoms with Gasteiger partial charge in [0.2, 0.25) is 0 Å². The summed E-state index contributed by atoms with van der Waals surface area (Å²) in [5, 5.41) is 10.6. The summed E-state index contributed by atoms with van der Waals surface area (Å²) >= 11 is 1.59. The van der Waals surface area contributed by atoms with E-state index in [0.29, 0.717) is 17.9 Å². The third-order valence-electron chi connectivity index (χ3n) is 4.82. The van der Waals surface area contributed by atoms with Crippen molar-refractivity contribution < 1.29 is 14.6 Å². The Labute approximate surface area is 179 Å². The van der Waals surface area contributed by atoms with Crippen LogP contribution < -0.4 is 4.74 Å². The highest BCUT2D eigenvalue weighted by Gasteiger charge is 2.13. The van der Waals surface area contributed by atoms with Gasteiger partial charge in [-0.05, 0) is 48.4 Å². The molecule has 150 valence electrons. The average molecular weight is 416 g/mol. The van der Waals surface area contributed by atoms with Gasteiger partial charge in [-0.1, -0.05) is 48.5 Å². The number of aromatic nitrogens is 1. The van der Waals surface area contributed by atoms with Crippen LogP contribution in [0, 0.1) is 6.92 Å². The Kier molecular flexibility index (Phi) is 6.00. The number of rotatable bonds is 7. The smallest absolute Gasteiger partial charge is 0.336 e. The molecule has 30 heavy (non-hydrogen) atoms. The molecule has 1 N–H and O–H groups in total. The van der Waals surface area contributed by atoms with Crippen molar-refractivity contribution in [1.82, 2.24) is 4.98 Å². The van der Waals surface area contributed by atoms with Gasteiger partial charge in [-0.15, -0.1) is 11.8 Å². The first kappa shape index (κ1) is 20.0. The van der Waals surface area contributed by atoms with Crippen LogP contribution in [0.15, 0.2) is 83.8 Å². The van der Waals surface area contributed by atoms with Crippen molar-refractivity contribution in [3.05, 3.63) is 101 Å². The van der Waals surface area contributed by atoms with Crippen molar-refractivity contribution in [2.75, 3.05) is 0 Å². The second-order valence-electron chi connectivity index (χ2n) is 6.96. The molecule has 0 saturated carbocycles. The summed E-state index contributed by atoms with van der Waals surface area (Å²) in [7, 11) is 0. The number of ether oxygens (including phenoxy) is 1. The molecule has 1 heterocycles. The number of aromatic carboxylic acids is 1. The predicted molar refractivity (Wildman–Crippen MR) is 120 cm³/mol. The lowest BCUT2D eigenvalue weighted by atomic mass is 10.0. The number of hydrogen-bond donors (Lipinski definition) is 1.